The van der Waals surface area contributed by atoms with Gasteiger partial charge in [-0.3, -0.25) is 0 Å². The van der Waals surface area contributed by atoms with Crippen molar-refractivity contribution in [2.75, 3.05) is 18.2 Å². The van der Waals surface area contributed by atoms with Crippen molar-refractivity contribution < 1.29 is 14.3 Å². The fourth-order valence-corrected chi connectivity index (χ4v) is 3.39. The topological polar surface area (TPSA) is 130 Å². The summed E-state index contributed by atoms with van der Waals surface area (Å²) >= 11 is 0. The first-order valence-electron chi connectivity index (χ1n) is 10.2. The third-order valence-corrected chi connectivity index (χ3v) is 4.88. The molecule has 0 fully saturated rings. The summed E-state index contributed by atoms with van der Waals surface area (Å²) < 4.78 is 12.5. The van der Waals surface area contributed by atoms with Crippen molar-refractivity contribution in [1.82, 2.24) is 24.7 Å². The highest BCUT2D eigenvalue weighted by molar-refractivity contribution is 5.92. The van der Waals surface area contributed by atoms with E-state index in [2.05, 4.69) is 25.4 Å². The Morgan fingerprint density at radius 1 is 1.03 bits per heavy atom. The van der Waals surface area contributed by atoms with E-state index in [9.17, 15) is 4.79 Å². The summed E-state index contributed by atoms with van der Waals surface area (Å²) in [7, 11) is 1.57. The maximum absolute atomic E-state index is 12.8. The summed E-state index contributed by atoms with van der Waals surface area (Å²) in [5.74, 6) is 0.510. The fourth-order valence-electron chi connectivity index (χ4n) is 3.39. The van der Waals surface area contributed by atoms with E-state index in [1.807, 2.05) is 55.5 Å². The zero-order chi connectivity index (χ0) is 23.4. The third-order valence-electron chi connectivity index (χ3n) is 4.88. The van der Waals surface area contributed by atoms with Crippen LogP contribution in [0.1, 0.15) is 27.6 Å². The number of ether oxygens (including phenoxy) is 2. The molecule has 0 aliphatic carbocycles. The lowest BCUT2D eigenvalue weighted by Gasteiger charge is -2.11. The SMILES string of the molecule is COc1ccccc1Nc1nc(N)nc(COC(=O)c2c(C)nn(-c3ccccc3)c2C)n1. The lowest BCUT2D eigenvalue weighted by Crippen LogP contribution is -2.12. The van der Waals surface area contributed by atoms with Gasteiger partial charge in [0.25, 0.3) is 0 Å². The van der Waals surface area contributed by atoms with Gasteiger partial charge in [-0.05, 0) is 38.1 Å². The summed E-state index contributed by atoms with van der Waals surface area (Å²) in [6, 6.07) is 16.9. The Morgan fingerprint density at radius 3 is 2.52 bits per heavy atom. The molecule has 4 rings (SSSR count). The van der Waals surface area contributed by atoms with Gasteiger partial charge in [0.05, 0.1) is 29.9 Å². The molecule has 0 bridgehead atoms. The van der Waals surface area contributed by atoms with Crippen LogP contribution in [0.3, 0.4) is 0 Å². The second kappa shape index (κ2) is 9.35. The highest BCUT2D eigenvalue weighted by Crippen LogP contribution is 2.26. The molecule has 33 heavy (non-hydrogen) atoms. The van der Waals surface area contributed by atoms with Gasteiger partial charge in [0.15, 0.2) is 12.4 Å². The molecule has 0 atom stereocenters. The number of methoxy groups -OCH3 is 1. The zero-order valence-corrected chi connectivity index (χ0v) is 18.4. The van der Waals surface area contributed by atoms with Crippen LogP contribution in [0.5, 0.6) is 5.75 Å². The molecular formula is C23H23N7O3. The summed E-state index contributed by atoms with van der Waals surface area (Å²) in [4.78, 5) is 25.3. The number of esters is 1. The number of benzene rings is 2. The number of aromatic nitrogens is 5. The maximum Gasteiger partial charge on any atom is 0.342 e. The van der Waals surface area contributed by atoms with Gasteiger partial charge in [-0.2, -0.15) is 20.1 Å². The molecule has 0 aliphatic rings. The number of carbonyl (C=O) groups is 1. The number of nitrogen functional groups attached to an aromatic ring is 1. The van der Waals surface area contributed by atoms with Gasteiger partial charge >= 0.3 is 5.97 Å². The Balaban J connectivity index is 1.51. The number of aryl methyl sites for hydroxylation is 1. The normalized spacial score (nSPS) is 10.6. The van der Waals surface area contributed by atoms with Crippen LogP contribution in [0.2, 0.25) is 0 Å². The van der Waals surface area contributed by atoms with E-state index < -0.39 is 5.97 Å². The lowest BCUT2D eigenvalue weighted by atomic mass is 10.2. The highest BCUT2D eigenvalue weighted by atomic mass is 16.5. The number of rotatable bonds is 7. The third kappa shape index (κ3) is 4.74. The van der Waals surface area contributed by atoms with Crippen LogP contribution in [-0.4, -0.2) is 37.8 Å². The molecule has 168 valence electrons. The molecular weight excluding hydrogens is 422 g/mol. The molecule has 2 aromatic heterocycles. The molecule has 3 N–H and O–H groups in total. The smallest absolute Gasteiger partial charge is 0.342 e. The molecule has 10 heteroatoms. The van der Waals surface area contributed by atoms with Gasteiger partial charge in [0, 0.05) is 0 Å². The average molecular weight is 445 g/mol. The molecule has 2 aromatic carbocycles. The van der Waals surface area contributed by atoms with Crippen molar-refractivity contribution in [2.24, 2.45) is 0 Å². The van der Waals surface area contributed by atoms with Crippen LogP contribution in [-0.2, 0) is 11.3 Å². The predicted molar refractivity (Wildman–Crippen MR) is 123 cm³/mol. The summed E-state index contributed by atoms with van der Waals surface area (Å²) in [5.41, 5.74) is 8.99. The second-order valence-electron chi connectivity index (χ2n) is 7.13. The molecule has 0 unspecified atom stereocenters. The summed E-state index contributed by atoms with van der Waals surface area (Å²) in [5, 5.41) is 7.52. The zero-order valence-electron chi connectivity index (χ0n) is 18.4. The molecule has 0 amide bonds. The van der Waals surface area contributed by atoms with Crippen molar-refractivity contribution in [3.05, 3.63) is 77.4 Å². The Bertz CT molecular complexity index is 1290. The standard InChI is InChI=1S/C23H23N7O3/c1-14-20(15(2)30(29-14)16-9-5-4-6-10-16)21(31)33-13-19-26-22(24)28-23(27-19)25-17-11-7-8-12-18(17)32-3/h4-12H,13H2,1-3H3,(H3,24,25,26,27,28). The second-order valence-corrected chi connectivity index (χ2v) is 7.13. The van der Waals surface area contributed by atoms with Crippen LogP contribution in [0.15, 0.2) is 54.6 Å². The summed E-state index contributed by atoms with van der Waals surface area (Å²) in [6.07, 6.45) is 0. The van der Waals surface area contributed by atoms with Crippen molar-refractivity contribution in [1.29, 1.82) is 0 Å². The van der Waals surface area contributed by atoms with Gasteiger partial charge in [-0.25, -0.2) is 9.48 Å². The van der Waals surface area contributed by atoms with E-state index in [0.717, 1.165) is 5.69 Å². The van der Waals surface area contributed by atoms with Gasteiger partial charge in [0.2, 0.25) is 11.9 Å². The van der Waals surface area contributed by atoms with E-state index in [1.54, 1.807) is 24.8 Å². The predicted octanol–water partition coefficient (Wildman–Crippen LogP) is 3.37. The quantitative estimate of drug-likeness (QED) is 0.411. The number of para-hydroxylation sites is 3. The van der Waals surface area contributed by atoms with Crippen LogP contribution in [0, 0.1) is 13.8 Å². The van der Waals surface area contributed by atoms with Crippen LogP contribution >= 0.6 is 0 Å². The average Bonchev–Trinajstić information content (AvgIpc) is 3.12. The van der Waals surface area contributed by atoms with E-state index in [4.69, 9.17) is 15.2 Å². The van der Waals surface area contributed by atoms with Crippen molar-refractivity contribution >= 4 is 23.6 Å². The Kier molecular flexibility index (Phi) is 6.16. The minimum atomic E-state index is -0.523. The fraction of sp³-hybridized carbons (Fsp3) is 0.174. The molecule has 2 heterocycles. The van der Waals surface area contributed by atoms with Gasteiger partial charge < -0.3 is 20.5 Å². The number of hydrogen-bond donors (Lipinski definition) is 2. The first-order chi connectivity index (χ1) is 16.0. The number of carbonyl (C=O) groups excluding carboxylic acids is 1. The number of anilines is 3. The van der Waals surface area contributed by atoms with Crippen molar-refractivity contribution in [3.8, 4) is 11.4 Å². The van der Waals surface area contributed by atoms with Crippen molar-refractivity contribution in [3.63, 3.8) is 0 Å². The van der Waals surface area contributed by atoms with E-state index in [0.29, 0.717) is 28.4 Å². The van der Waals surface area contributed by atoms with Gasteiger partial charge in [-0.15, -0.1) is 0 Å². The largest absolute Gasteiger partial charge is 0.495 e. The molecule has 0 radical (unpaired) electrons. The molecule has 0 aliphatic heterocycles. The van der Waals surface area contributed by atoms with E-state index in [1.165, 1.54) is 0 Å². The molecule has 0 saturated heterocycles. The Morgan fingerprint density at radius 2 is 1.76 bits per heavy atom. The minimum Gasteiger partial charge on any atom is -0.495 e. The van der Waals surface area contributed by atoms with E-state index in [-0.39, 0.29) is 24.3 Å². The number of nitrogens with zero attached hydrogens (tertiary/aromatic N) is 5. The highest BCUT2D eigenvalue weighted by Gasteiger charge is 2.21. The number of hydrogen-bond acceptors (Lipinski definition) is 9. The van der Waals surface area contributed by atoms with Crippen LogP contribution in [0.25, 0.3) is 5.69 Å². The Hall–Kier alpha value is -4.47. The summed E-state index contributed by atoms with van der Waals surface area (Å²) in [6.45, 7) is 3.40. The Labute approximate surface area is 190 Å². The molecule has 4 aromatic rings. The van der Waals surface area contributed by atoms with Crippen LogP contribution in [0.4, 0.5) is 17.6 Å². The molecule has 0 saturated carbocycles. The lowest BCUT2D eigenvalue weighted by molar-refractivity contribution is 0.0460. The first kappa shape index (κ1) is 21.8. The van der Waals surface area contributed by atoms with Crippen molar-refractivity contribution in [2.45, 2.75) is 20.5 Å². The monoisotopic (exact) mass is 445 g/mol. The molecule has 0 spiro atoms. The number of nitrogens with one attached hydrogen (secondary N) is 1. The van der Waals surface area contributed by atoms with E-state index >= 15 is 0 Å². The number of nitrogens with two attached hydrogens (primary N) is 1. The molecule has 10 nitrogen and oxygen atoms in total. The minimum absolute atomic E-state index is 0.00212. The van der Waals surface area contributed by atoms with Crippen LogP contribution < -0.4 is 15.8 Å². The maximum atomic E-state index is 12.8. The first-order valence-corrected chi connectivity index (χ1v) is 10.2. The van der Waals surface area contributed by atoms with Gasteiger partial charge in [0.1, 0.15) is 11.3 Å². The van der Waals surface area contributed by atoms with Gasteiger partial charge in [-0.1, -0.05) is 30.3 Å².